The fraction of sp³-hybridized carbons (Fsp3) is 0.143. The number of halogens is 3. The smallest absolute Gasteiger partial charge is 0.415 e. The fourth-order valence-electron chi connectivity index (χ4n) is 0.827. The molecule has 0 aliphatic heterocycles. The Labute approximate surface area is 92.1 Å². The molecule has 1 heterocycles. The van der Waals surface area contributed by atoms with Crippen LogP contribution in [-0.4, -0.2) is 30.9 Å². The van der Waals surface area contributed by atoms with Crippen molar-refractivity contribution in [3.63, 3.8) is 0 Å². The van der Waals surface area contributed by atoms with Gasteiger partial charge in [-0.1, -0.05) is 6.07 Å². The summed E-state index contributed by atoms with van der Waals surface area (Å²) < 4.78 is 28.4. The summed E-state index contributed by atoms with van der Waals surface area (Å²) in [6.07, 6.45) is 1.35. The minimum absolute atomic E-state index is 0.0176. The third-order valence-corrected chi connectivity index (χ3v) is 3.00. The van der Waals surface area contributed by atoms with Gasteiger partial charge in [0.15, 0.2) is 0 Å². The Balaban J connectivity index is 3.01. The van der Waals surface area contributed by atoms with Gasteiger partial charge in [-0.05, 0) is 0 Å². The van der Waals surface area contributed by atoms with Crippen LogP contribution in [0, 0.1) is 11.3 Å². The minimum Gasteiger partial charge on any atom is -0.415 e. The lowest BCUT2D eigenvalue weighted by Crippen LogP contribution is -2.13. The predicted molar refractivity (Wildman–Crippen MR) is 46.8 cm³/mol. The van der Waals surface area contributed by atoms with Crippen LogP contribution in [0.25, 0.3) is 0 Å². The van der Waals surface area contributed by atoms with Gasteiger partial charge in [-0.3, -0.25) is 0 Å². The van der Waals surface area contributed by atoms with E-state index in [-0.39, 0.29) is 11.4 Å². The van der Waals surface area contributed by atoms with Gasteiger partial charge in [-0.15, -0.1) is 3.69 Å². The molecular formula is C7H3ClF2MgN2O. The maximum absolute atomic E-state index is 11.8. The van der Waals surface area contributed by atoms with Crippen molar-refractivity contribution in [2.75, 3.05) is 0 Å². The predicted octanol–water partition coefficient (Wildman–Crippen LogP) is 1.04. The fourth-order valence-corrected chi connectivity index (χ4v) is 1.71. The zero-order chi connectivity index (χ0) is 10.6. The second-order valence-electron chi connectivity index (χ2n) is 2.32. The lowest BCUT2D eigenvalue weighted by atomic mass is 10.3. The summed E-state index contributed by atoms with van der Waals surface area (Å²) >= 11 is -0.967. The number of nitriles is 1. The quantitative estimate of drug-likeness (QED) is 0.727. The van der Waals surface area contributed by atoms with Crippen LogP contribution in [0.3, 0.4) is 0 Å². The molecule has 0 N–H and O–H groups in total. The Hall–Kier alpha value is -0.644. The standard InChI is InChI=1S/C7H3F2N2O.ClH.Mg/c8-7(9)12-6-5(4-10)2-1-3-11-6;;/h2-3,7H;1H;/q;;+1/p-1. The first-order valence-corrected chi connectivity index (χ1v) is 6.41. The molecule has 0 saturated heterocycles. The number of hydrogen-bond acceptors (Lipinski definition) is 3. The highest BCUT2D eigenvalue weighted by Gasteiger charge is 2.11. The molecular weight excluding hydrogens is 226 g/mol. The van der Waals surface area contributed by atoms with E-state index in [0.29, 0.717) is 3.69 Å². The van der Waals surface area contributed by atoms with E-state index in [1.165, 1.54) is 12.3 Å². The second kappa shape index (κ2) is 5.29. The molecule has 0 radical (unpaired) electrons. The van der Waals surface area contributed by atoms with E-state index in [9.17, 15) is 8.78 Å². The third kappa shape index (κ3) is 2.94. The first kappa shape index (κ1) is 11.4. The molecule has 14 heavy (non-hydrogen) atoms. The minimum atomic E-state index is -2.98. The molecule has 0 aliphatic carbocycles. The highest BCUT2D eigenvalue weighted by molar-refractivity contribution is 7.01. The van der Waals surface area contributed by atoms with Crippen molar-refractivity contribution in [1.29, 1.82) is 5.26 Å². The monoisotopic (exact) mass is 228 g/mol. The summed E-state index contributed by atoms with van der Waals surface area (Å²) in [5.41, 5.74) is -0.0176. The highest BCUT2D eigenvalue weighted by atomic mass is 35.5. The highest BCUT2D eigenvalue weighted by Crippen LogP contribution is 2.14. The summed E-state index contributed by atoms with van der Waals surface area (Å²) in [6, 6.07) is 3.14. The Morgan fingerprint density at radius 1 is 1.64 bits per heavy atom. The lowest BCUT2D eigenvalue weighted by Gasteiger charge is -2.05. The summed E-state index contributed by atoms with van der Waals surface area (Å²) in [5, 5.41) is 8.61. The van der Waals surface area contributed by atoms with Crippen molar-refractivity contribution in [3.05, 3.63) is 17.8 Å². The summed E-state index contributed by atoms with van der Waals surface area (Å²) in [7, 11) is 5.61. The van der Waals surface area contributed by atoms with Crippen molar-refractivity contribution in [2.45, 2.75) is 6.61 Å². The molecule has 7 heteroatoms. The Morgan fingerprint density at radius 2 is 2.36 bits per heavy atom. The second-order valence-corrected chi connectivity index (χ2v) is 4.21. The van der Waals surface area contributed by atoms with E-state index in [1.54, 1.807) is 6.07 Å². The van der Waals surface area contributed by atoms with Crippen LogP contribution < -0.4 is 8.43 Å². The molecule has 1 rings (SSSR count). The normalized spacial score (nSPS) is 9.36. The van der Waals surface area contributed by atoms with Crippen molar-refractivity contribution < 1.29 is 13.5 Å². The van der Waals surface area contributed by atoms with Crippen LogP contribution in [0.5, 0.6) is 5.88 Å². The summed E-state index contributed by atoms with van der Waals surface area (Å²) in [6.45, 7) is -2.98. The first-order chi connectivity index (χ1) is 6.67. The molecule has 0 spiro atoms. The average Bonchev–Trinajstić information content (AvgIpc) is 2.17. The van der Waals surface area contributed by atoms with Crippen LogP contribution in [0.15, 0.2) is 12.3 Å². The Bertz CT molecular complexity index is 369. The van der Waals surface area contributed by atoms with Crippen molar-refractivity contribution >= 4 is 32.0 Å². The summed E-state index contributed by atoms with van der Waals surface area (Å²) in [5.74, 6) is -0.356. The van der Waals surface area contributed by atoms with Crippen molar-refractivity contribution in [3.8, 4) is 11.9 Å². The van der Waals surface area contributed by atoms with Gasteiger partial charge < -0.3 is 13.8 Å². The van der Waals surface area contributed by atoms with Crippen LogP contribution in [0.4, 0.5) is 8.78 Å². The van der Waals surface area contributed by atoms with E-state index in [0.717, 1.165) is 0 Å². The maximum atomic E-state index is 11.8. The van der Waals surface area contributed by atoms with Crippen LogP contribution >= 0.6 is 9.07 Å². The number of aromatic nitrogens is 1. The van der Waals surface area contributed by atoms with Gasteiger partial charge in [0.1, 0.15) is 11.6 Å². The molecule has 0 bridgehead atoms. The Kier molecular flexibility index (Phi) is 4.32. The van der Waals surface area contributed by atoms with Gasteiger partial charge in [-0.2, -0.15) is 14.0 Å². The number of rotatable bonds is 3. The molecule has 0 atom stereocenters. The zero-order valence-corrected chi connectivity index (χ0v) is 9.05. The molecule has 1 aromatic heterocycles. The third-order valence-electron chi connectivity index (χ3n) is 1.38. The molecule has 0 saturated carbocycles. The zero-order valence-electron chi connectivity index (χ0n) is 6.88. The molecule has 3 nitrogen and oxygen atoms in total. The van der Waals surface area contributed by atoms with Gasteiger partial charge in [-0.25, -0.2) is 4.98 Å². The topological polar surface area (TPSA) is 45.9 Å². The SMILES string of the molecule is N#Cc1c[c]([Mg][Cl])cnc1OC(F)F. The van der Waals surface area contributed by atoms with Gasteiger partial charge in [0.25, 0.3) is 0 Å². The molecule has 0 unspecified atom stereocenters. The molecule has 70 valence electrons. The lowest BCUT2D eigenvalue weighted by molar-refractivity contribution is -0.0530. The van der Waals surface area contributed by atoms with Gasteiger partial charge >= 0.3 is 25.9 Å². The Morgan fingerprint density at radius 3 is 2.86 bits per heavy atom. The van der Waals surface area contributed by atoms with Gasteiger partial charge in [0.05, 0.1) is 0 Å². The number of nitrogens with zero attached hydrogens (tertiary/aromatic N) is 2. The number of ether oxygens (including phenoxy) is 1. The maximum Gasteiger partial charge on any atom is 0.540 e. The number of pyridine rings is 1. The largest absolute Gasteiger partial charge is 0.540 e. The number of alkyl halides is 2. The van der Waals surface area contributed by atoms with E-state index in [2.05, 4.69) is 9.72 Å². The molecule has 0 aliphatic rings. The summed E-state index contributed by atoms with van der Waals surface area (Å²) in [4.78, 5) is 3.59. The van der Waals surface area contributed by atoms with E-state index in [4.69, 9.17) is 14.3 Å². The van der Waals surface area contributed by atoms with Gasteiger partial charge in [0.2, 0.25) is 5.88 Å². The van der Waals surface area contributed by atoms with Crippen molar-refractivity contribution in [2.24, 2.45) is 0 Å². The van der Waals surface area contributed by atoms with E-state index in [1.807, 2.05) is 0 Å². The van der Waals surface area contributed by atoms with Crippen LogP contribution in [0.2, 0.25) is 0 Å². The number of hydrogen-bond donors (Lipinski definition) is 0. The van der Waals surface area contributed by atoms with Crippen molar-refractivity contribution in [1.82, 2.24) is 4.98 Å². The molecule has 0 fully saturated rings. The molecule has 0 aromatic carbocycles. The van der Waals surface area contributed by atoms with Gasteiger partial charge in [0, 0.05) is 6.20 Å². The van der Waals surface area contributed by atoms with Crippen LogP contribution in [-0.2, 0) is 0 Å². The van der Waals surface area contributed by atoms with E-state index < -0.39 is 25.9 Å². The first-order valence-electron chi connectivity index (χ1n) is 3.57. The average molecular weight is 229 g/mol. The molecule has 1 aromatic rings. The molecule has 0 amide bonds. The van der Waals surface area contributed by atoms with Crippen LogP contribution in [0.1, 0.15) is 5.56 Å². The van der Waals surface area contributed by atoms with E-state index >= 15 is 0 Å².